The summed E-state index contributed by atoms with van der Waals surface area (Å²) < 4.78 is 0. The fourth-order valence-corrected chi connectivity index (χ4v) is 3.73. The molecule has 2 aromatic rings. The molecule has 0 saturated heterocycles. The van der Waals surface area contributed by atoms with Gasteiger partial charge in [-0.15, -0.1) is 0 Å². The van der Waals surface area contributed by atoms with Crippen molar-refractivity contribution in [3.05, 3.63) is 58.1 Å². The molecule has 0 radical (unpaired) electrons. The Balaban J connectivity index is 2.42. The van der Waals surface area contributed by atoms with Crippen LogP contribution in [0.1, 0.15) is 62.4 Å². The highest BCUT2D eigenvalue weighted by molar-refractivity contribution is 5.84. The van der Waals surface area contributed by atoms with Crippen molar-refractivity contribution in [1.29, 1.82) is 10.5 Å². The quantitative estimate of drug-likeness (QED) is 0.684. The molecule has 0 amide bonds. The Morgan fingerprint density at radius 3 is 2.09 bits per heavy atom. The van der Waals surface area contributed by atoms with E-state index in [4.69, 9.17) is 0 Å². The summed E-state index contributed by atoms with van der Waals surface area (Å²) >= 11 is 0. The van der Waals surface area contributed by atoms with E-state index in [0.29, 0.717) is 11.1 Å². The van der Waals surface area contributed by atoms with Gasteiger partial charge in [0.05, 0.1) is 11.1 Å². The molecule has 0 unspecified atom stereocenters. The lowest BCUT2D eigenvalue weighted by Crippen LogP contribution is -2.23. The van der Waals surface area contributed by atoms with E-state index in [9.17, 15) is 10.5 Å². The molecule has 0 heterocycles. The lowest BCUT2D eigenvalue weighted by molar-refractivity contribution is 0.556. The van der Waals surface area contributed by atoms with Crippen molar-refractivity contribution in [2.45, 2.75) is 45.4 Å². The van der Waals surface area contributed by atoms with Crippen LogP contribution < -0.4 is 0 Å². The first kappa shape index (κ1) is 15.3. The van der Waals surface area contributed by atoms with E-state index in [1.807, 2.05) is 12.1 Å². The molecule has 114 valence electrons. The highest BCUT2D eigenvalue weighted by Crippen LogP contribution is 2.52. The SMILES string of the molecule is CC(C)(C)c1cccc2c1C(C)(C)c1cc(C#N)c(C#N)cc1-2. The molecule has 3 rings (SSSR count). The van der Waals surface area contributed by atoms with Crippen LogP contribution in [0, 0.1) is 22.7 Å². The fraction of sp³-hybridized carbons (Fsp3) is 0.333. The molecule has 0 spiro atoms. The minimum atomic E-state index is -0.172. The number of hydrogen-bond acceptors (Lipinski definition) is 2. The van der Waals surface area contributed by atoms with Gasteiger partial charge in [0.1, 0.15) is 12.1 Å². The van der Waals surface area contributed by atoms with E-state index < -0.39 is 0 Å². The monoisotopic (exact) mass is 300 g/mol. The van der Waals surface area contributed by atoms with Gasteiger partial charge in [-0.05, 0) is 45.4 Å². The summed E-state index contributed by atoms with van der Waals surface area (Å²) in [5.41, 5.74) is 6.86. The Kier molecular flexibility index (Phi) is 3.13. The number of nitriles is 2. The van der Waals surface area contributed by atoms with Gasteiger partial charge in [-0.2, -0.15) is 10.5 Å². The highest BCUT2D eigenvalue weighted by atomic mass is 14.4. The Labute approximate surface area is 138 Å². The summed E-state index contributed by atoms with van der Waals surface area (Å²) in [6.45, 7) is 11.1. The molecular formula is C21H20N2. The van der Waals surface area contributed by atoms with Gasteiger partial charge < -0.3 is 0 Å². The molecule has 2 nitrogen and oxygen atoms in total. The summed E-state index contributed by atoms with van der Waals surface area (Å²) in [6.07, 6.45) is 0. The largest absolute Gasteiger partial charge is 0.192 e. The average molecular weight is 300 g/mol. The summed E-state index contributed by atoms with van der Waals surface area (Å²) in [7, 11) is 0. The van der Waals surface area contributed by atoms with Crippen LogP contribution >= 0.6 is 0 Å². The summed E-state index contributed by atoms with van der Waals surface area (Å²) in [6, 6.07) is 14.5. The first-order valence-electron chi connectivity index (χ1n) is 7.85. The van der Waals surface area contributed by atoms with Gasteiger partial charge in [-0.3, -0.25) is 0 Å². The van der Waals surface area contributed by atoms with Crippen molar-refractivity contribution >= 4 is 0 Å². The molecular weight excluding hydrogens is 280 g/mol. The van der Waals surface area contributed by atoms with Crippen molar-refractivity contribution < 1.29 is 0 Å². The third-order valence-corrected chi connectivity index (χ3v) is 4.86. The third-order valence-electron chi connectivity index (χ3n) is 4.86. The normalized spacial score (nSPS) is 14.6. The minimum absolute atomic E-state index is 0.0424. The second-order valence-corrected chi connectivity index (χ2v) is 7.77. The van der Waals surface area contributed by atoms with Crippen LogP contribution in [-0.4, -0.2) is 0 Å². The Hall–Kier alpha value is -2.58. The van der Waals surface area contributed by atoms with Gasteiger partial charge in [-0.1, -0.05) is 52.8 Å². The first-order valence-corrected chi connectivity index (χ1v) is 7.85. The number of rotatable bonds is 0. The molecule has 0 atom stereocenters. The van der Waals surface area contributed by atoms with E-state index in [-0.39, 0.29) is 10.8 Å². The lowest BCUT2D eigenvalue weighted by atomic mass is 9.73. The summed E-state index contributed by atoms with van der Waals surface area (Å²) in [4.78, 5) is 0. The van der Waals surface area contributed by atoms with Crippen LogP contribution in [0.4, 0.5) is 0 Å². The van der Waals surface area contributed by atoms with Gasteiger partial charge in [-0.25, -0.2) is 0 Å². The molecule has 2 aromatic carbocycles. The van der Waals surface area contributed by atoms with E-state index in [0.717, 1.165) is 11.1 Å². The first-order chi connectivity index (χ1) is 10.7. The lowest BCUT2D eigenvalue weighted by Gasteiger charge is -2.30. The van der Waals surface area contributed by atoms with E-state index >= 15 is 0 Å². The summed E-state index contributed by atoms with van der Waals surface area (Å²) in [5, 5.41) is 18.7. The zero-order valence-electron chi connectivity index (χ0n) is 14.3. The maximum absolute atomic E-state index is 9.35. The second-order valence-electron chi connectivity index (χ2n) is 7.77. The molecule has 2 heteroatoms. The van der Waals surface area contributed by atoms with Crippen LogP contribution in [0.5, 0.6) is 0 Å². The highest BCUT2D eigenvalue weighted by Gasteiger charge is 2.39. The van der Waals surface area contributed by atoms with E-state index in [1.165, 1.54) is 16.7 Å². The third kappa shape index (κ3) is 2.07. The average Bonchev–Trinajstić information content (AvgIpc) is 2.73. The van der Waals surface area contributed by atoms with Gasteiger partial charge in [0.25, 0.3) is 0 Å². The van der Waals surface area contributed by atoms with Gasteiger partial charge >= 0.3 is 0 Å². The zero-order valence-corrected chi connectivity index (χ0v) is 14.3. The molecule has 23 heavy (non-hydrogen) atoms. The molecule has 0 fully saturated rings. The molecule has 0 saturated carbocycles. The van der Waals surface area contributed by atoms with Crippen molar-refractivity contribution in [3.63, 3.8) is 0 Å². The van der Waals surface area contributed by atoms with Crippen LogP contribution in [-0.2, 0) is 10.8 Å². The number of fused-ring (bicyclic) bond motifs is 3. The number of nitrogens with zero attached hydrogens (tertiary/aromatic N) is 2. The maximum Gasteiger partial charge on any atom is 0.101 e. The standard InChI is InChI=1S/C21H20N2/c1-20(2,3)17-8-6-7-15-16-9-13(11-22)14(12-23)10-18(16)21(4,5)19(15)17/h6-10H,1-5H3. The molecule has 0 bridgehead atoms. The number of benzene rings is 2. The molecule has 0 N–H and O–H groups in total. The molecule has 1 aliphatic carbocycles. The van der Waals surface area contributed by atoms with Gasteiger partial charge in [0, 0.05) is 5.41 Å². The van der Waals surface area contributed by atoms with Crippen molar-refractivity contribution in [3.8, 4) is 23.3 Å². The molecule has 0 aliphatic heterocycles. The van der Waals surface area contributed by atoms with Crippen LogP contribution in [0.2, 0.25) is 0 Å². The Bertz CT molecular complexity index is 897. The Morgan fingerprint density at radius 1 is 0.913 bits per heavy atom. The van der Waals surface area contributed by atoms with Crippen LogP contribution in [0.3, 0.4) is 0 Å². The zero-order chi connectivity index (χ0) is 17.0. The molecule has 1 aliphatic rings. The maximum atomic E-state index is 9.35. The van der Waals surface area contributed by atoms with Crippen molar-refractivity contribution in [2.24, 2.45) is 0 Å². The van der Waals surface area contributed by atoms with E-state index in [1.54, 1.807) is 0 Å². The van der Waals surface area contributed by atoms with Crippen LogP contribution in [0.25, 0.3) is 11.1 Å². The van der Waals surface area contributed by atoms with Crippen molar-refractivity contribution in [1.82, 2.24) is 0 Å². The minimum Gasteiger partial charge on any atom is -0.192 e. The predicted molar refractivity (Wildman–Crippen MR) is 92.1 cm³/mol. The molecule has 0 aromatic heterocycles. The fourth-order valence-electron chi connectivity index (χ4n) is 3.73. The van der Waals surface area contributed by atoms with Crippen molar-refractivity contribution in [2.75, 3.05) is 0 Å². The second kappa shape index (κ2) is 4.71. The van der Waals surface area contributed by atoms with Crippen LogP contribution in [0.15, 0.2) is 30.3 Å². The van der Waals surface area contributed by atoms with Gasteiger partial charge in [0.15, 0.2) is 0 Å². The summed E-state index contributed by atoms with van der Waals surface area (Å²) in [5.74, 6) is 0. The predicted octanol–water partition coefficient (Wildman–Crippen LogP) is 5.03. The smallest absolute Gasteiger partial charge is 0.101 e. The van der Waals surface area contributed by atoms with E-state index in [2.05, 4.69) is 65.0 Å². The Morgan fingerprint density at radius 2 is 1.52 bits per heavy atom. The van der Waals surface area contributed by atoms with Gasteiger partial charge in [0.2, 0.25) is 0 Å². The number of hydrogen-bond donors (Lipinski definition) is 0. The topological polar surface area (TPSA) is 47.6 Å².